The number of likely N-dealkylation sites (N-methyl/N-ethyl adjacent to an activating group) is 2. The SMILES string of the molecule is C=CC(=O)Oc1c(OC)cc2c3c1Oc1cc4c(cc1OC)CCN(C)[C@H]4Cc1ccc(cc1)Oc1cc(ccc1OC)C[C@@H]3N(C)CC2. The number of esters is 1. The average molecular weight is 663 g/mol. The van der Waals surface area contributed by atoms with Gasteiger partial charge in [0.25, 0.3) is 0 Å². The summed E-state index contributed by atoms with van der Waals surface area (Å²) >= 11 is 0. The Morgan fingerprint density at radius 3 is 2.10 bits per heavy atom. The summed E-state index contributed by atoms with van der Waals surface area (Å²) in [6.45, 7) is 5.37. The second-order valence-electron chi connectivity index (χ2n) is 12.9. The average Bonchev–Trinajstić information content (AvgIpc) is 3.11. The molecular weight excluding hydrogens is 620 g/mol. The first-order valence-electron chi connectivity index (χ1n) is 16.6. The van der Waals surface area contributed by atoms with Crippen LogP contribution in [0.3, 0.4) is 0 Å². The maximum Gasteiger partial charge on any atom is 0.335 e. The number of carbonyl (C=O) groups excluding carboxylic acids is 1. The Kier molecular flexibility index (Phi) is 8.96. The summed E-state index contributed by atoms with van der Waals surface area (Å²) in [7, 11) is 9.13. The second kappa shape index (κ2) is 13.5. The van der Waals surface area contributed by atoms with Gasteiger partial charge in [0.1, 0.15) is 5.75 Å². The molecule has 9 nitrogen and oxygen atoms in total. The van der Waals surface area contributed by atoms with E-state index in [0.717, 1.165) is 60.9 Å². The molecule has 0 amide bonds. The van der Waals surface area contributed by atoms with E-state index in [9.17, 15) is 4.79 Å². The number of fused-ring (bicyclic) bond motifs is 2. The van der Waals surface area contributed by atoms with Gasteiger partial charge in [0.15, 0.2) is 34.5 Å². The van der Waals surface area contributed by atoms with Gasteiger partial charge in [-0.2, -0.15) is 0 Å². The maximum atomic E-state index is 12.8. The fourth-order valence-electron chi connectivity index (χ4n) is 7.32. The highest BCUT2D eigenvalue weighted by Gasteiger charge is 2.35. The zero-order valence-corrected chi connectivity index (χ0v) is 28.7. The Labute approximate surface area is 287 Å². The predicted molar refractivity (Wildman–Crippen MR) is 187 cm³/mol. The van der Waals surface area contributed by atoms with Gasteiger partial charge in [-0.1, -0.05) is 24.8 Å². The van der Waals surface area contributed by atoms with Gasteiger partial charge >= 0.3 is 5.97 Å². The molecule has 4 heterocycles. The van der Waals surface area contributed by atoms with Crippen molar-refractivity contribution in [1.29, 1.82) is 0 Å². The minimum Gasteiger partial charge on any atom is -0.493 e. The van der Waals surface area contributed by atoms with Crippen molar-refractivity contribution in [2.75, 3.05) is 48.5 Å². The van der Waals surface area contributed by atoms with Crippen molar-refractivity contribution in [3.8, 4) is 46.0 Å². The Bertz CT molecular complexity index is 1900. The Balaban J connectivity index is 1.49. The number of nitrogens with zero attached hydrogens (tertiary/aromatic N) is 2. The predicted octanol–water partition coefficient (Wildman–Crippen LogP) is 7.25. The van der Waals surface area contributed by atoms with E-state index in [4.69, 9.17) is 28.4 Å². The first-order chi connectivity index (χ1) is 23.8. The lowest BCUT2D eigenvalue weighted by atomic mass is 9.87. The molecule has 4 aromatic carbocycles. The lowest BCUT2D eigenvalue weighted by Gasteiger charge is -2.37. The van der Waals surface area contributed by atoms with Crippen LogP contribution in [0.1, 0.15) is 45.5 Å². The van der Waals surface area contributed by atoms with Crippen molar-refractivity contribution < 1.29 is 33.2 Å². The summed E-state index contributed by atoms with van der Waals surface area (Å²) in [4.78, 5) is 17.5. The second-order valence-corrected chi connectivity index (χ2v) is 12.9. The molecule has 4 aliphatic rings. The molecule has 0 aliphatic carbocycles. The van der Waals surface area contributed by atoms with Gasteiger partial charge < -0.3 is 28.4 Å². The van der Waals surface area contributed by atoms with Crippen molar-refractivity contribution in [1.82, 2.24) is 9.80 Å². The molecule has 0 saturated carbocycles. The van der Waals surface area contributed by atoms with Gasteiger partial charge in [-0.05, 0) is 110 Å². The molecule has 9 heteroatoms. The molecule has 0 saturated heterocycles. The van der Waals surface area contributed by atoms with E-state index < -0.39 is 5.97 Å². The van der Waals surface area contributed by atoms with Gasteiger partial charge in [-0.15, -0.1) is 0 Å². The van der Waals surface area contributed by atoms with E-state index in [0.29, 0.717) is 40.9 Å². The molecule has 49 heavy (non-hydrogen) atoms. The number of hydrogen-bond donors (Lipinski definition) is 0. The Morgan fingerprint density at radius 2 is 1.39 bits per heavy atom. The van der Waals surface area contributed by atoms with Crippen LogP contribution >= 0.6 is 0 Å². The number of carbonyl (C=O) groups is 1. The molecule has 6 bridgehead atoms. The van der Waals surface area contributed by atoms with Crippen LogP contribution in [0.4, 0.5) is 0 Å². The molecular formula is C40H42N2O7. The van der Waals surface area contributed by atoms with Crippen LogP contribution in [0.15, 0.2) is 73.3 Å². The highest BCUT2D eigenvalue weighted by atomic mass is 16.6. The van der Waals surface area contributed by atoms with Crippen LogP contribution in [-0.2, 0) is 30.5 Å². The van der Waals surface area contributed by atoms with Crippen molar-refractivity contribution in [3.63, 3.8) is 0 Å². The Morgan fingerprint density at radius 1 is 0.755 bits per heavy atom. The fourth-order valence-corrected chi connectivity index (χ4v) is 7.32. The van der Waals surface area contributed by atoms with Crippen LogP contribution < -0.4 is 28.4 Å². The first-order valence-corrected chi connectivity index (χ1v) is 16.6. The van der Waals surface area contributed by atoms with E-state index in [-0.39, 0.29) is 17.8 Å². The molecule has 0 spiro atoms. The normalized spacial score (nSPS) is 18.6. The molecule has 0 aromatic heterocycles. The third-order valence-electron chi connectivity index (χ3n) is 10.0. The summed E-state index contributed by atoms with van der Waals surface area (Å²) in [5, 5.41) is 0. The lowest BCUT2D eigenvalue weighted by Crippen LogP contribution is -2.34. The van der Waals surface area contributed by atoms with Gasteiger partial charge in [0.2, 0.25) is 5.75 Å². The van der Waals surface area contributed by atoms with Crippen LogP contribution in [0, 0.1) is 0 Å². The molecule has 0 N–H and O–H groups in total. The van der Waals surface area contributed by atoms with E-state index >= 15 is 0 Å². The van der Waals surface area contributed by atoms with Gasteiger partial charge in [-0.25, -0.2) is 4.79 Å². The highest BCUT2D eigenvalue weighted by Crippen LogP contribution is 2.52. The van der Waals surface area contributed by atoms with Crippen LogP contribution in [0.2, 0.25) is 0 Å². The molecule has 8 rings (SSSR count). The van der Waals surface area contributed by atoms with Gasteiger partial charge in [0.05, 0.1) is 21.3 Å². The van der Waals surface area contributed by atoms with Gasteiger partial charge in [-0.3, -0.25) is 9.80 Å². The van der Waals surface area contributed by atoms with Crippen LogP contribution in [-0.4, -0.2) is 64.3 Å². The minimum absolute atomic E-state index is 0.0932. The van der Waals surface area contributed by atoms with Crippen molar-refractivity contribution in [2.24, 2.45) is 0 Å². The number of hydrogen-bond acceptors (Lipinski definition) is 9. The molecule has 0 fully saturated rings. The topological polar surface area (TPSA) is 78.9 Å². The number of methoxy groups -OCH3 is 3. The molecule has 4 aliphatic heterocycles. The number of ether oxygens (including phenoxy) is 6. The zero-order valence-electron chi connectivity index (χ0n) is 28.7. The first kappa shape index (κ1) is 32.6. The third kappa shape index (κ3) is 6.20. The quantitative estimate of drug-likeness (QED) is 0.125. The molecule has 0 unspecified atom stereocenters. The minimum atomic E-state index is -0.611. The van der Waals surface area contributed by atoms with Crippen LogP contribution in [0.5, 0.6) is 46.0 Å². The summed E-state index contributed by atoms with van der Waals surface area (Å²) in [6, 6.07) is 20.4. The number of benzene rings is 4. The van der Waals surface area contributed by atoms with Crippen molar-refractivity contribution in [2.45, 2.75) is 37.8 Å². The van der Waals surface area contributed by atoms with E-state index in [1.165, 1.54) is 16.7 Å². The largest absolute Gasteiger partial charge is 0.493 e. The molecule has 2 atom stereocenters. The van der Waals surface area contributed by atoms with E-state index in [1.54, 1.807) is 21.3 Å². The van der Waals surface area contributed by atoms with E-state index in [1.807, 2.05) is 30.3 Å². The third-order valence-corrected chi connectivity index (χ3v) is 10.0. The Hall–Kier alpha value is -4.99. The smallest absolute Gasteiger partial charge is 0.335 e. The lowest BCUT2D eigenvalue weighted by molar-refractivity contribution is -0.129. The van der Waals surface area contributed by atoms with Crippen molar-refractivity contribution in [3.05, 3.63) is 107 Å². The molecule has 4 aromatic rings. The summed E-state index contributed by atoms with van der Waals surface area (Å²) in [6.07, 6.45) is 4.19. The fraction of sp³-hybridized carbons (Fsp3) is 0.325. The summed E-state index contributed by atoms with van der Waals surface area (Å²) < 4.78 is 36.9. The molecule has 254 valence electrons. The van der Waals surface area contributed by atoms with Gasteiger partial charge in [0, 0.05) is 36.8 Å². The monoisotopic (exact) mass is 662 g/mol. The van der Waals surface area contributed by atoms with Crippen molar-refractivity contribution >= 4 is 5.97 Å². The molecule has 0 radical (unpaired) electrons. The van der Waals surface area contributed by atoms with Crippen LogP contribution in [0.25, 0.3) is 0 Å². The maximum absolute atomic E-state index is 12.8. The highest BCUT2D eigenvalue weighted by molar-refractivity contribution is 5.85. The van der Waals surface area contributed by atoms with E-state index in [2.05, 4.69) is 60.8 Å². The number of rotatable bonds is 5. The zero-order chi connectivity index (χ0) is 34.2. The standard InChI is InChI=1S/C40H42N2O7/c1-7-37(43)49-39-36(46-6)22-27-15-17-42(3)31-19-25-10-13-32(44-4)34(20-25)47-28-11-8-24(9-12-28)18-30-29-23-35(48-40(39)38(27)31)33(45-5)21-26(29)14-16-41(30)2/h7-13,20-23,30-31H,1,14-19H2,2-6H3/t30-,31-/m0/s1. The summed E-state index contributed by atoms with van der Waals surface area (Å²) in [5.74, 6) is 3.58. The summed E-state index contributed by atoms with van der Waals surface area (Å²) in [5.41, 5.74) is 6.59.